The van der Waals surface area contributed by atoms with Gasteiger partial charge in [0.1, 0.15) is 0 Å². The summed E-state index contributed by atoms with van der Waals surface area (Å²) in [7, 11) is 1.85. The Bertz CT molecular complexity index is 613. The predicted molar refractivity (Wildman–Crippen MR) is 119 cm³/mol. The first kappa shape index (κ1) is 22.7. The second-order valence-electron chi connectivity index (χ2n) is 8.49. The SMILES string of the molecule is CN=C(NCCN(C(C)C)C(C)C)NCC1(c2ccccc2C)CCOCC1. The summed E-state index contributed by atoms with van der Waals surface area (Å²) in [5, 5.41) is 7.10. The molecule has 5 nitrogen and oxygen atoms in total. The maximum absolute atomic E-state index is 5.68. The van der Waals surface area contributed by atoms with E-state index in [1.807, 2.05) is 7.05 Å². The molecule has 1 heterocycles. The van der Waals surface area contributed by atoms with Crippen LogP contribution in [-0.2, 0) is 10.2 Å². The van der Waals surface area contributed by atoms with Gasteiger partial charge in [-0.2, -0.15) is 0 Å². The molecule has 28 heavy (non-hydrogen) atoms. The van der Waals surface area contributed by atoms with Crippen LogP contribution >= 0.6 is 0 Å². The molecule has 1 aliphatic heterocycles. The van der Waals surface area contributed by atoms with E-state index in [0.717, 1.165) is 51.6 Å². The van der Waals surface area contributed by atoms with E-state index in [-0.39, 0.29) is 5.41 Å². The number of guanidine groups is 1. The van der Waals surface area contributed by atoms with Crippen molar-refractivity contribution in [2.75, 3.05) is 39.9 Å². The molecule has 1 aromatic rings. The van der Waals surface area contributed by atoms with Gasteiger partial charge in [-0.1, -0.05) is 24.3 Å². The van der Waals surface area contributed by atoms with Crippen LogP contribution in [0.4, 0.5) is 0 Å². The minimum atomic E-state index is 0.100. The van der Waals surface area contributed by atoms with Gasteiger partial charge in [0.15, 0.2) is 5.96 Å². The van der Waals surface area contributed by atoms with Gasteiger partial charge in [0.05, 0.1) is 0 Å². The van der Waals surface area contributed by atoms with Gasteiger partial charge in [-0.3, -0.25) is 9.89 Å². The van der Waals surface area contributed by atoms with Gasteiger partial charge in [-0.05, 0) is 58.6 Å². The quantitative estimate of drug-likeness (QED) is 0.530. The zero-order valence-corrected chi connectivity index (χ0v) is 18.7. The zero-order chi connectivity index (χ0) is 20.6. The molecular formula is C23H40N4O. The van der Waals surface area contributed by atoms with Gasteiger partial charge < -0.3 is 15.4 Å². The van der Waals surface area contributed by atoms with Crippen LogP contribution in [0.1, 0.15) is 51.7 Å². The smallest absolute Gasteiger partial charge is 0.191 e. The van der Waals surface area contributed by atoms with Gasteiger partial charge >= 0.3 is 0 Å². The molecule has 5 heteroatoms. The van der Waals surface area contributed by atoms with Crippen LogP contribution in [0.2, 0.25) is 0 Å². The summed E-state index contributed by atoms with van der Waals surface area (Å²) >= 11 is 0. The number of nitrogens with zero attached hydrogens (tertiary/aromatic N) is 2. The standard InChI is InChI=1S/C23H40N4O/c1-18(2)27(19(3)4)14-13-25-22(24-6)26-17-23(11-15-28-16-12-23)21-10-8-7-9-20(21)5/h7-10,18-19H,11-17H2,1-6H3,(H2,24,25,26). The Balaban J connectivity index is 1.98. The summed E-state index contributed by atoms with van der Waals surface area (Å²) in [5.41, 5.74) is 2.90. The van der Waals surface area contributed by atoms with Gasteiger partial charge in [-0.15, -0.1) is 0 Å². The number of hydrogen-bond acceptors (Lipinski definition) is 3. The topological polar surface area (TPSA) is 48.9 Å². The Morgan fingerprint density at radius 2 is 1.75 bits per heavy atom. The molecule has 0 atom stereocenters. The fourth-order valence-corrected chi connectivity index (χ4v) is 4.36. The van der Waals surface area contributed by atoms with E-state index in [0.29, 0.717) is 12.1 Å². The molecule has 0 bridgehead atoms. The van der Waals surface area contributed by atoms with Crippen LogP contribution in [-0.4, -0.2) is 62.8 Å². The maximum Gasteiger partial charge on any atom is 0.191 e. The lowest BCUT2D eigenvalue weighted by Gasteiger charge is -2.39. The Morgan fingerprint density at radius 1 is 1.11 bits per heavy atom. The van der Waals surface area contributed by atoms with E-state index >= 15 is 0 Å². The lowest BCUT2D eigenvalue weighted by Crippen LogP contribution is -2.50. The van der Waals surface area contributed by atoms with Crippen LogP contribution in [0.15, 0.2) is 29.3 Å². The number of ether oxygens (including phenoxy) is 1. The summed E-state index contributed by atoms with van der Waals surface area (Å²) < 4.78 is 5.68. The van der Waals surface area contributed by atoms with E-state index in [9.17, 15) is 0 Å². The average Bonchev–Trinajstić information content (AvgIpc) is 2.68. The number of nitrogens with one attached hydrogen (secondary N) is 2. The molecule has 0 spiro atoms. The van der Waals surface area contributed by atoms with Gasteiger partial charge in [0.25, 0.3) is 0 Å². The third kappa shape index (κ3) is 5.95. The minimum absolute atomic E-state index is 0.100. The first-order chi connectivity index (χ1) is 13.4. The van der Waals surface area contributed by atoms with Gasteiger partial charge in [0.2, 0.25) is 0 Å². The van der Waals surface area contributed by atoms with Crippen molar-refractivity contribution in [3.05, 3.63) is 35.4 Å². The average molecular weight is 389 g/mol. The van der Waals surface area contributed by atoms with Crippen LogP contribution < -0.4 is 10.6 Å². The third-order valence-corrected chi connectivity index (χ3v) is 5.97. The molecule has 158 valence electrons. The van der Waals surface area contributed by atoms with Crippen molar-refractivity contribution in [1.82, 2.24) is 15.5 Å². The highest BCUT2D eigenvalue weighted by atomic mass is 16.5. The molecule has 2 N–H and O–H groups in total. The van der Waals surface area contributed by atoms with Crippen molar-refractivity contribution in [2.45, 2.75) is 65.0 Å². The zero-order valence-electron chi connectivity index (χ0n) is 18.7. The highest BCUT2D eigenvalue weighted by molar-refractivity contribution is 5.79. The number of aliphatic imine (C=N–C) groups is 1. The molecule has 1 aliphatic rings. The van der Waals surface area contributed by atoms with Crippen LogP contribution in [0, 0.1) is 6.92 Å². The van der Waals surface area contributed by atoms with E-state index in [1.54, 1.807) is 0 Å². The van der Waals surface area contributed by atoms with Crippen molar-refractivity contribution in [3.8, 4) is 0 Å². The summed E-state index contributed by atoms with van der Waals surface area (Å²) in [4.78, 5) is 6.94. The van der Waals surface area contributed by atoms with Crippen LogP contribution in [0.3, 0.4) is 0 Å². The number of rotatable bonds is 8. The van der Waals surface area contributed by atoms with Crippen molar-refractivity contribution >= 4 is 5.96 Å². The van der Waals surface area contributed by atoms with Crippen molar-refractivity contribution in [2.24, 2.45) is 4.99 Å². The second kappa shape index (κ2) is 10.8. The van der Waals surface area contributed by atoms with E-state index in [4.69, 9.17) is 4.74 Å². The molecule has 1 fully saturated rings. The Labute approximate surface area is 171 Å². The largest absolute Gasteiger partial charge is 0.381 e. The van der Waals surface area contributed by atoms with Crippen molar-refractivity contribution < 1.29 is 4.74 Å². The Morgan fingerprint density at radius 3 is 2.32 bits per heavy atom. The summed E-state index contributed by atoms with van der Waals surface area (Å²) in [6.45, 7) is 15.6. The summed E-state index contributed by atoms with van der Waals surface area (Å²) in [6.07, 6.45) is 2.08. The molecule has 1 aromatic carbocycles. The molecule has 2 rings (SSSR count). The molecule has 0 aromatic heterocycles. The molecule has 0 radical (unpaired) electrons. The summed E-state index contributed by atoms with van der Waals surface area (Å²) in [6, 6.07) is 9.86. The second-order valence-corrected chi connectivity index (χ2v) is 8.49. The lowest BCUT2D eigenvalue weighted by atomic mass is 9.72. The fraction of sp³-hybridized carbons (Fsp3) is 0.696. The monoisotopic (exact) mass is 388 g/mol. The van der Waals surface area contributed by atoms with E-state index in [2.05, 4.69) is 79.4 Å². The van der Waals surface area contributed by atoms with Gasteiger partial charge in [-0.25, -0.2) is 0 Å². The van der Waals surface area contributed by atoms with Crippen molar-refractivity contribution in [1.29, 1.82) is 0 Å². The van der Waals surface area contributed by atoms with Crippen LogP contribution in [0.25, 0.3) is 0 Å². The first-order valence-electron chi connectivity index (χ1n) is 10.7. The summed E-state index contributed by atoms with van der Waals surface area (Å²) in [5.74, 6) is 0.881. The lowest BCUT2D eigenvalue weighted by molar-refractivity contribution is 0.0512. The highest BCUT2D eigenvalue weighted by Crippen LogP contribution is 2.36. The molecule has 0 amide bonds. The third-order valence-electron chi connectivity index (χ3n) is 5.97. The van der Waals surface area contributed by atoms with E-state index in [1.165, 1.54) is 11.1 Å². The molecule has 0 aliphatic carbocycles. The van der Waals surface area contributed by atoms with Crippen LogP contribution in [0.5, 0.6) is 0 Å². The van der Waals surface area contributed by atoms with E-state index < -0.39 is 0 Å². The number of hydrogen-bond donors (Lipinski definition) is 2. The number of aryl methyl sites for hydroxylation is 1. The highest BCUT2D eigenvalue weighted by Gasteiger charge is 2.35. The van der Waals surface area contributed by atoms with Crippen molar-refractivity contribution in [3.63, 3.8) is 0 Å². The normalized spacial score (nSPS) is 17.4. The number of benzene rings is 1. The Kier molecular flexibility index (Phi) is 8.77. The molecule has 0 saturated carbocycles. The fourth-order valence-electron chi connectivity index (χ4n) is 4.36. The first-order valence-corrected chi connectivity index (χ1v) is 10.7. The predicted octanol–water partition coefficient (Wildman–Crippen LogP) is 3.33. The van der Waals surface area contributed by atoms with Gasteiger partial charge in [0, 0.05) is 57.4 Å². The molecular weight excluding hydrogens is 348 g/mol. The molecule has 0 unspecified atom stereocenters. The molecule has 1 saturated heterocycles. The maximum atomic E-state index is 5.68. The minimum Gasteiger partial charge on any atom is -0.381 e. The Hall–Kier alpha value is -1.59.